The van der Waals surface area contributed by atoms with Gasteiger partial charge in [-0.3, -0.25) is 4.79 Å². The van der Waals surface area contributed by atoms with Gasteiger partial charge in [-0.2, -0.15) is 0 Å². The van der Waals surface area contributed by atoms with Crippen molar-refractivity contribution in [3.05, 3.63) is 0 Å². The smallest absolute Gasteiger partial charge is 0.226 e. The van der Waals surface area contributed by atoms with E-state index in [1.165, 1.54) is 0 Å². The molecule has 2 heterocycles. The van der Waals surface area contributed by atoms with E-state index in [9.17, 15) is 4.79 Å². The molecule has 2 unspecified atom stereocenters. The molecule has 4 nitrogen and oxygen atoms in total. The first-order valence-corrected chi connectivity index (χ1v) is 6.73. The van der Waals surface area contributed by atoms with Crippen LogP contribution in [0.25, 0.3) is 0 Å². The molecule has 0 aromatic heterocycles. The van der Waals surface area contributed by atoms with Crippen LogP contribution in [0.5, 0.6) is 0 Å². The van der Waals surface area contributed by atoms with E-state index in [1.54, 1.807) is 0 Å². The second-order valence-corrected chi connectivity index (χ2v) is 5.49. The van der Waals surface area contributed by atoms with Gasteiger partial charge in [0.25, 0.3) is 0 Å². The summed E-state index contributed by atoms with van der Waals surface area (Å²) >= 11 is 0. The Labute approximate surface area is 104 Å². The summed E-state index contributed by atoms with van der Waals surface area (Å²) in [7, 11) is 1.96. The Balaban J connectivity index is 1.89. The molecule has 0 radical (unpaired) electrons. The normalized spacial score (nSPS) is 31.2. The maximum Gasteiger partial charge on any atom is 0.226 e. The molecule has 0 bridgehead atoms. The molecule has 2 aliphatic rings. The molecule has 2 aliphatic heterocycles. The number of rotatable bonds is 2. The van der Waals surface area contributed by atoms with Crippen molar-refractivity contribution in [2.75, 3.05) is 33.4 Å². The SMILES string of the molecule is CC1CNCC(C(=O)N(C)C2CCOCC2)C1. The highest BCUT2D eigenvalue weighted by atomic mass is 16.5. The van der Waals surface area contributed by atoms with Gasteiger partial charge in [0.15, 0.2) is 0 Å². The molecule has 17 heavy (non-hydrogen) atoms. The monoisotopic (exact) mass is 240 g/mol. The first kappa shape index (κ1) is 12.8. The van der Waals surface area contributed by atoms with Gasteiger partial charge in [0.1, 0.15) is 0 Å². The van der Waals surface area contributed by atoms with E-state index < -0.39 is 0 Å². The summed E-state index contributed by atoms with van der Waals surface area (Å²) in [5, 5.41) is 3.35. The Hall–Kier alpha value is -0.610. The minimum Gasteiger partial charge on any atom is -0.381 e. The van der Waals surface area contributed by atoms with E-state index in [0.717, 1.165) is 45.6 Å². The van der Waals surface area contributed by atoms with E-state index in [2.05, 4.69) is 12.2 Å². The first-order chi connectivity index (χ1) is 8.18. The van der Waals surface area contributed by atoms with Gasteiger partial charge in [-0.25, -0.2) is 0 Å². The van der Waals surface area contributed by atoms with Crippen LogP contribution in [-0.2, 0) is 9.53 Å². The number of hydrogen-bond acceptors (Lipinski definition) is 3. The highest BCUT2D eigenvalue weighted by Crippen LogP contribution is 2.21. The second-order valence-electron chi connectivity index (χ2n) is 5.49. The Morgan fingerprint density at radius 2 is 2.00 bits per heavy atom. The minimum absolute atomic E-state index is 0.173. The summed E-state index contributed by atoms with van der Waals surface area (Å²) in [4.78, 5) is 14.4. The van der Waals surface area contributed by atoms with Crippen molar-refractivity contribution in [3.63, 3.8) is 0 Å². The number of hydrogen-bond donors (Lipinski definition) is 1. The fourth-order valence-electron chi connectivity index (χ4n) is 2.88. The molecule has 0 aromatic rings. The number of amides is 1. The number of ether oxygens (including phenoxy) is 1. The largest absolute Gasteiger partial charge is 0.381 e. The van der Waals surface area contributed by atoms with Crippen LogP contribution >= 0.6 is 0 Å². The number of nitrogens with one attached hydrogen (secondary N) is 1. The average Bonchev–Trinajstić information content (AvgIpc) is 2.38. The van der Waals surface area contributed by atoms with Crippen molar-refractivity contribution in [2.45, 2.75) is 32.2 Å². The molecule has 1 amide bonds. The quantitative estimate of drug-likeness (QED) is 0.778. The molecule has 4 heteroatoms. The topological polar surface area (TPSA) is 41.6 Å². The standard InChI is InChI=1S/C13H24N2O2/c1-10-7-11(9-14-8-10)13(16)15(2)12-3-5-17-6-4-12/h10-12,14H,3-9H2,1-2H3. The van der Waals surface area contributed by atoms with Crippen LogP contribution in [-0.4, -0.2) is 50.2 Å². The van der Waals surface area contributed by atoms with Gasteiger partial charge < -0.3 is 15.0 Å². The Morgan fingerprint density at radius 3 is 2.65 bits per heavy atom. The highest BCUT2D eigenvalue weighted by Gasteiger charge is 2.30. The second kappa shape index (κ2) is 5.83. The van der Waals surface area contributed by atoms with Crippen molar-refractivity contribution >= 4 is 5.91 Å². The van der Waals surface area contributed by atoms with Gasteiger partial charge in [-0.1, -0.05) is 6.92 Å². The summed E-state index contributed by atoms with van der Waals surface area (Å²) in [5.41, 5.74) is 0. The molecular formula is C13H24N2O2. The van der Waals surface area contributed by atoms with Gasteiger partial charge in [-0.05, 0) is 31.7 Å². The van der Waals surface area contributed by atoms with Gasteiger partial charge in [0.2, 0.25) is 5.91 Å². The van der Waals surface area contributed by atoms with E-state index in [4.69, 9.17) is 4.74 Å². The molecule has 0 aromatic carbocycles. The Morgan fingerprint density at radius 1 is 1.29 bits per heavy atom. The third-order valence-electron chi connectivity index (χ3n) is 4.01. The highest BCUT2D eigenvalue weighted by molar-refractivity contribution is 5.79. The summed E-state index contributed by atoms with van der Waals surface area (Å²) in [5.74, 6) is 1.10. The number of nitrogens with zero attached hydrogens (tertiary/aromatic N) is 1. The predicted molar refractivity (Wildman–Crippen MR) is 66.8 cm³/mol. The van der Waals surface area contributed by atoms with Gasteiger partial charge in [0, 0.05) is 32.8 Å². The van der Waals surface area contributed by atoms with E-state index >= 15 is 0 Å². The maximum absolute atomic E-state index is 12.4. The molecule has 2 fully saturated rings. The molecule has 2 saturated heterocycles. The van der Waals surface area contributed by atoms with Crippen LogP contribution in [0.3, 0.4) is 0 Å². The fraction of sp³-hybridized carbons (Fsp3) is 0.923. The van der Waals surface area contributed by atoms with Crippen molar-refractivity contribution < 1.29 is 9.53 Å². The summed E-state index contributed by atoms with van der Waals surface area (Å²) in [6, 6.07) is 0.383. The minimum atomic E-state index is 0.173. The molecule has 0 aliphatic carbocycles. The van der Waals surface area contributed by atoms with Gasteiger partial charge >= 0.3 is 0 Å². The van der Waals surface area contributed by atoms with Gasteiger partial charge in [0.05, 0.1) is 5.92 Å². The van der Waals surface area contributed by atoms with Crippen LogP contribution in [0, 0.1) is 11.8 Å². The maximum atomic E-state index is 12.4. The first-order valence-electron chi connectivity index (χ1n) is 6.73. The zero-order chi connectivity index (χ0) is 12.3. The molecule has 98 valence electrons. The van der Waals surface area contributed by atoms with Crippen LogP contribution in [0.1, 0.15) is 26.2 Å². The molecule has 2 atom stereocenters. The lowest BCUT2D eigenvalue weighted by atomic mass is 9.90. The number of carbonyl (C=O) groups excluding carboxylic acids is 1. The third-order valence-corrected chi connectivity index (χ3v) is 4.01. The zero-order valence-corrected chi connectivity index (χ0v) is 10.9. The van der Waals surface area contributed by atoms with Crippen LogP contribution in [0.2, 0.25) is 0 Å². The lowest BCUT2D eigenvalue weighted by Crippen LogP contribution is -2.48. The molecule has 1 N–H and O–H groups in total. The van der Waals surface area contributed by atoms with Crippen LogP contribution in [0.15, 0.2) is 0 Å². The summed E-state index contributed by atoms with van der Waals surface area (Å²) < 4.78 is 5.34. The van der Waals surface area contributed by atoms with Gasteiger partial charge in [-0.15, -0.1) is 0 Å². The van der Waals surface area contributed by atoms with Crippen LogP contribution in [0.4, 0.5) is 0 Å². The molecule has 0 saturated carbocycles. The van der Waals surface area contributed by atoms with Crippen molar-refractivity contribution in [1.29, 1.82) is 0 Å². The Bertz CT molecular complexity index is 264. The van der Waals surface area contributed by atoms with Crippen molar-refractivity contribution in [1.82, 2.24) is 10.2 Å². The van der Waals surface area contributed by atoms with Crippen molar-refractivity contribution in [3.8, 4) is 0 Å². The van der Waals surface area contributed by atoms with Crippen LogP contribution < -0.4 is 5.32 Å². The summed E-state index contributed by atoms with van der Waals surface area (Å²) in [6.45, 7) is 5.69. The average molecular weight is 240 g/mol. The van der Waals surface area contributed by atoms with E-state index in [0.29, 0.717) is 17.9 Å². The molecule has 0 spiro atoms. The Kier molecular flexibility index (Phi) is 4.40. The lowest BCUT2D eigenvalue weighted by Gasteiger charge is -2.36. The van der Waals surface area contributed by atoms with E-state index in [-0.39, 0.29) is 5.92 Å². The van der Waals surface area contributed by atoms with Crippen molar-refractivity contribution in [2.24, 2.45) is 11.8 Å². The number of piperidine rings is 1. The summed E-state index contributed by atoms with van der Waals surface area (Å²) in [6.07, 6.45) is 3.00. The number of carbonyl (C=O) groups is 1. The zero-order valence-electron chi connectivity index (χ0n) is 10.9. The van der Waals surface area contributed by atoms with E-state index in [1.807, 2.05) is 11.9 Å². The lowest BCUT2D eigenvalue weighted by molar-refractivity contribution is -0.139. The molecular weight excluding hydrogens is 216 g/mol. The predicted octanol–water partition coefficient (Wildman–Crippen LogP) is 0.869. The molecule has 2 rings (SSSR count). The fourth-order valence-corrected chi connectivity index (χ4v) is 2.88. The third kappa shape index (κ3) is 3.19.